The first-order valence-electron chi connectivity index (χ1n) is 10.8. The van der Waals surface area contributed by atoms with E-state index in [1.54, 1.807) is 51.3 Å². The van der Waals surface area contributed by atoms with E-state index in [9.17, 15) is 14.0 Å². The number of benzene rings is 1. The van der Waals surface area contributed by atoms with Gasteiger partial charge in [-0.05, 0) is 69.0 Å². The Kier molecular flexibility index (Phi) is 8.91. The maximum absolute atomic E-state index is 14.1. The van der Waals surface area contributed by atoms with Gasteiger partial charge in [-0.3, -0.25) is 9.78 Å². The van der Waals surface area contributed by atoms with E-state index in [0.29, 0.717) is 28.9 Å². The van der Waals surface area contributed by atoms with E-state index in [4.69, 9.17) is 4.74 Å². The number of allylic oxidation sites excluding steroid dienone is 1. The minimum Gasteiger partial charge on any atom is -0.444 e. The fourth-order valence-corrected chi connectivity index (χ4v) is 3.12. The third kappa shape index (κ3) is 8.18. The average molecular weight is 454 g/mol. The molecule has 176 valence electrons. The summed E-state index contributed by atoms with van der Waals surface area (Å²) in [5.74, 6) is -0.615. The molecule has 2 N–H and O–H groups in total. The predicted molar refractivity (Wildman–Crippen MR) is 129 cm³/mol. The topological polar surface area (TPSA) is 80.3 Å². The van der Waals surface area contributed by atoms with Crippen LogP contribution in [0.1, 0.15) is 52.3 Å². The summed E-state index contributed by atoms with van der Waals surface area (Å²) in [5.41, 5.74) is 1.55. The van der Waals surface area contributed by atoms with Crippen LogP contribution in [0.3, 0.4) is 0 Å². The number of pyridine rings is 1. The number of amides is 2. The summed E-state index contributed by atoms with van der Waals surface area (Å²) < 4.78 is 19.5. The number of alkyl carbamates (subject to hydrolysis) is 1. The lowest BCUT2D eigenvalue weighted by atomic mass is 10.0. The van der Waals surface area contributed by atoms with Gasteiger partial charge < -0.3 is 15.4 Å². The lowest BCUT2D eigenvalue weighted by Crippen LogP contribution is -2.35. The number of aromatic nitrogens is 1. The number of nitrogens with one attached hydrogen (secondary N) is 2. The fraction of sp³-hybridized carbons (Fsp3) is 0.346. The second-order valence-corrected chi connectivity index (χ2v) is 8.85. The van der Waals surface area contributed by atoms with Crippen LogP contribution in [0, 0.1) is 11.7 Å². The molecule has 1 aromatic heterocycles. The molecular formula is C26H32FN3O3. The Morgan fingerprint density at radius 3 is 2.58 bits per heavy atom. The minimum atomic E-state index is -0.643. The Balaban J connectivity index is 2.36. The second kappa shape index (κ2) is 11.4. The lowest BCUT2D eigenvalue weighted by Gasteiger charge is -2.23. The molecule has 7 heteroatoms. The van der Waals surface area contributed by atoms with Crippen LogP contribution in [-0.4, -0.2) is 22.6 Å². The molecule has 0 fully saturated rings. The number of carbonyl (C=O) groups is 2. The molecule has 33 heavy (non-hydrogen) atoms. The van der Waals surface area contributed by atoms with Crippen molar-refractivity contribution in [1.82, 2.24) is 10.3 Å². The summed E-state index contributed by atoms with van der Waals surface area (Å²) in [5, 5.41) is 5.66. The van der Waals surface area contributed by atoms with Gasteiger partial charge in [0.05, 0.1) is 11.7 Å². The van der Waals surface area contributed by atoms with Crippen molar-refractivity contribution in [3.63, 3.8) is 0 Å². The molecule has 0 saturated heterocycles. The molecule has 0 radical (unpaired) electrons. The molecule has 1 aromatic carbocycles. The number of anilines is 1. The van der Waals surface area contributed by atoms with Gasteiger partial charge in [-0.1, -0.05) is 19.1 Å². The molecule has 0 saturated carbocycles. The zero-order chi connectivity index (χ0) is 24.6. The van der Waals surface area contributed by atoms with E-state index >= 15 is 0 Å². The van der Waals surface area contributed by atoms with E-state index < -0.39 is 23.6 Å². The predicted octanol–water partition coefficient (Wildman–Crippen LogP) is 6.18. The Labute approximate surface area is 195 Å². The van der Waals surface area contributed by atoms with Crippen LogP contribution in [0.2, 0.25) is 0 Å². The van der Waals surface area contributed by atoms with Crippen molar-refractivity contribution >= 4 is 17.7 Å². The van der Waals surface area contributed by atoms with Gasteiger partial charge in [-0.15, -0.1) is 13.2 Å². The van der Waals surface area contributed by atoms with Crippen LogP contribution in [0.15, 0.2) is 61.8 Å². The number of hydrogen-bond acceptors (Lipinski definition) is 4. The van der Waals surface area contributed by atoms with Gasteiger partial charge in [0.2, 0.25) is 5.91 Å². The molecule has 0 aliphatic heterocycles. The van der Waals surface area contributed by atoms with E-state index in [0.717, 1.165) is 0 Å². The maximum atomic E-state index is 14.1. The van der Waals surface area contributed by atoms with Gasteiger partial charge in [0.1, 0.15) is 11.4 Å². The Morgan fingerprint density at radius 2 is 1.94 bits per heavy atom. The van der Waals surface area contributed by atoms with Crippen molar-refractivity contribution < 1.29 is 18.7 Å². The number of carbonyl (C=O) groups excluding carboxylic acids is 2. The summed E-state index contributed by atoms with van der Waals surface area (Å²) in [6.07, 6.45) is 5.07. The highest BCUT2D eigenvalue weighted by atomic mass is 19.1. The molecule has 1 heterocycles. The van der Waals surface area contributed by atoms with Crippen molar-refractivity contribution in [3.05, 3.63) is 73.3 Å². The summed E-state index contributed by atoms with van der Waals surface area (Å²) in [6, 6.07) is 7.16. The Morgan fingerprint density at radius 1 is 1.21 bits per heavy atom. The quantitative estimate of drug-likeness (QED) is 0.444. The summed E-state index contributed by atoms with van der Waals surface area (Å²) in [6.45, 7) is 14.7. The van der Waals surface area contributed by atoms with Gasteiger partial charge >= 0.3 is 6.09 Å². The number of ether oxygens (including phenoxy) is 1. The molecule has 0 aliphatic carbocycles. The van der Waals surface area contributed by atoms with Crippen molar-refractivity contribution in [2.45, 2.75) is 52.2 Å². The highest BCUT2D eigenvalue weighted by Crippen LogP contribution is 2.31. The number of rotatable bonds is 9. The third-order valence-electron chi connectivity index (χ3n) is 4.71. The summed E-state index contributed by atoms with van der Waals surface area (Å²) in [7, 11) is 0. The van der Waals surface area contributed by atoms with Crippen LogP contribution in [0.4, 0.5) is 14.9 Å². The van der Waals surface area contributed by atoms with E-state index in [-0.39, 0.29) is 18.2 Å². The highest BCUT2D eigenvalue weighted by molar-refractivity contribution is 5.95. The second-order valence-electron chi connectivity index (χ2n) is 8.85. The molecule has 2 aromatic rings. The van der Waals surface area contributed by atoms with E-state index in [2.05, 4.69) is 28.8 Å². The number of halogens is 1. The molecule has 0 bridgehead atoms. The van der Waals surface area contributed by atoms with E-state index in [1.807, 2.05) is 6.92 Å². The fourth-order valence-electron chi connectivity index (χ4n) is 3.12. The molecule has 6 nitrogen and oxygen atoms in total. The van der Waals surface area contributed by atoms with Crippen LogP contribution in [0.25, 0.3) is 11.1 Å². The van der Waals surface area contributed by atoms with Crippen LogP contribution < -0.4 is 10.6 Å². The van der Waals surface area contributed by atoms with Crippen molar-refractivity contribution in [3.8, 4) is 11.1 Å². The zero-order valence-corrected chi connectivity index (χ0v) is 19.7. The molecule has 2 amide bonds. The first kappa shape index (κ1) is 25.8. The van der Waals surface area contributed by atoms with Gasteiger partial charge in [-0.25, -0.2) is 9.18 Å². The van der Waals surface area contributed by atoms with Gasteiger partial charge in [0, 0.05) is 23.9 Å². The monoisotopic (exact) mass is 453 g/mol. The third-order valence-corrected chi connectivity index (χ3v) is 4.71. The maximum Gasteiger partial charge on any atom is 0.408 e. The van der Waals surface area contributed by atoms with Crippen LogP contribution >= 0.6 is 0 Å². The first-order chi connectivity index (χ1) is 15.5. The minimum absolute atomic E-state index is 0.0139. The van der Waals surface area contributed by atoms with Gasteiger partial charge in [0.25, 0.3) is 0 Å². The zero-order valence-electron chi connectivity index (χ0n) is 19.7. The highest BCUT2D eigenvalue weighted by Gasteiger charge is 2.21. The summed E-state index contributed by atoms with van der Waals surface area (Å²) in [4.78, 5) is 29.1. The Hall–Kier alpha value is -3.48. The van der Waals surface area contributed by atoms with Gasteiger partial charge in [-0.2, -0.15) is 0 Å². The smallest absolute Gasteiger partial charge is 0.408 e. The largest absolute Gasteiger partial charge is 0.444 e. The van der Waals surface area contributed by atoms with Crippen molar-refractivity contribution in [2.75, 3.05) is 5.32 Å². The molecule has 2 atom stereocenters. The Bertz CT molecular complexity index is 1010. The normalized spacial score (nSPS) is 12.9. The van der Waals surface area contributed by atoms with Crippen molar-refractivity contribution in [1.29, 1.82) is 0 Å². The molecular weight excluding hydrogens is 421 g/mol. The van der Waals surface area contributed by atoms with Crippen LogP contribution in [-0.2, 0) is 9.53 Å². The van der Waals surface area contributed by atoms with E-state index in [1.165, 1.54) is 18.2 Å². The molecule has 0 aliphatic rings. The standard InChI is InChI=1S/C26H32FN3O3/c1-7-9-22(30-25(32)33-26(4,5)6)23-15-18(12-13-28-23)20-16-19(27)10-11-21(20)29-24(31)14-17(3)8-2/h7-8,10-13,15-17,22H,1-2,9,14H2,3-6H3,(H,29,31)(H,30,32)/t17?,22-/m0/s1. The first-order valence-corrected chi connectivity index (χ1v) is 10.8. The number of hydrogen-bond donors (Lipinski definition) is 2. The van der Waals surface area contributed by atoms with Crippen molar-refractivity contribution in [2.24, 2.45) is 5.92 Å². The number of nitrogens with zero attached hydrogens (tertiary/aromatic N) is 1. The van der Waals surface area contributed by atoms with Crippen LogP contribution in [0.5, 0.6) is 0 Å². The average Bonchev–Trinajstić information content (AvgIpc) is 2.73. The molecule has 2 rings (SSSR count). The lowest BCUT2D eigenvalue weighted by molar-refractivity contribution is -0.116. The SMILES string of the molecule is C=CC[C@H](NC(=O)OC(C)(C)C)c1cc(-c2cc(F)ccc2NC(=O)CC(C)C=C)ccn1. The molecule has 1 unspecified atom stereocenters. The molecule has 0 spiro atoms. The summed E-state index contributed by atoms with van der Waals surface area (Å²) >= 11 is 0. The van der Waals surface area contributed by atoms with Gasteiger partial charge in [0.15, 0.2) is 0 Å².